The van der Waals surface area contributed by atoms with Crippen LogP contribution in [0, 0.1) is 0 Å². The van der Waals surface area contributed by atoms with Crippen LogP contribution in [0.25, 0.3) is 12.2 Å². The summed E-state index contributed by atoms with van der Waals surface area (Å²) in [4.78, 5) is 14.7. The highest BCUT2D eigenvalue weighted by Gasteiger charge is 2.45. The van der Waals surface area contributed by atoms with Crippen molar-refractivity contribution in [3.8, 4) is 0 Å². The Labute approximate surface area is 190 Å². The number of anilines is 4. The molecule has 0 bridgehead atoms. The third-order valence-corrected chi connectivity index (χ3v) is 6.62. The molecule has 0 radical (unpaired) electrons. The van der Waals surface area contributed by atoms with Crippen LogP contribution in [0.3, 0.4) is 0 Å². The zero-order valence-corrected chi connectivity index (χ0v) is 19.3. The molecule has 0 amide bonds. The van der Waals surface area contributed by atoms with E-state index in [1.807, 2.05) is 0 Å². The van der Waals surface area contributed by atoms with Crippen LogP contribution in [-0.2, 0) is 6.42 Å². The zero-order valence-electron chi connectivity index (χ0n) is 19.3. The molecule has 0 spiro atoms. The third-order valence-electron chi connectivity index (χ3n) is 6.62. The molecular weight excluding hydrogens is 392 g/mol. The van der Waals surface area contributed by atoms with E-state index in [1.165, 1.54) is 22.4 Å². The quantitative estimate of drug-likeness (QED) is 0.436. The second-order valence-corrected chi connectivity index (χ2v) is 9.26. The Hall–Kier alpha value is -3.40. The van der Waals surface area contributed by atoms with Crippen LogP contribution < -0.4 is 9.80 Å². The van der Waals surface area contributed by atoms with Gasteiger partial charge < -0.3 is 9.80 Å². The molecule has 162 valence electrons. The molecule has 0 aliphatic carbocycles. The van der Waals surface area contributed by atoms with E-state index in [4.69, 9.17) is 9.97 Å². The number of nitrogens with zero attached hydrogens (tertiary/aromatic N) is 4. The average molecular weight is 423 g/mol. The van der Waals surface area contributed by atoms with E-state index in [2.05, 4.69) is 93.1 Å². The lowest BCUT2D eigenvalue weighted by atomic mass is 9.99. The first-order valence-corrected chi connectivity index (χ1v) is 11.4. The maximum Gasteiger partial charge on any atom is 0.179 e. The van der Waals surface area contributed by atoms with Crippen LogP contribution >= 0.6 is 0 Å². The highest BCUT2D eigenvalue weighted by molar-refractivity contribution is 5.88. The molecule has 32 heavy (non-hydrogen) atoms. The number of benzene rings is 2. The van der Waals surface area contributed by atoms with Crippen LogP contribution in [0.5, 0.6) is 0 Å². The van der Waals surface area contributed by atoms with Gasteiger partial charge in [0.2, 0.25) is 0 Å². The summed E-state index contributed by atoms with van der Waals surface area (Å²) in [5.41, 5.74) is 7.96. The minimum Gasteiger partial charge on any atom is -0.301 e. The summed E-state index contributed by atoms with van der Waals surface area (Å²) >= 11 is 0. The lowest BCUT2D eigenvalue weighted by Gasteiger charge is -2.27. The highest BCUT2D eigenvalue weighted by Crippen LogP contribution is 2.51. The van der Waals surface area contributed by atoms with Crippen molar-refractivity contribution >= 4 is 35.2 Å². The Morgan fingerprint density at radius 1 is 0.812 bits per heavy atom. The van der Waals surface area contributed by atoms with Crippen molar-refractivity contribution in [1.29, 1.82) is 0 Å². The summed E-state index contributed by atoms with van der Waals surface area (Å²) < 4.78 is 0. The van der Waals surface area contributed by atoms with Crippen LogP contribution in [0.4, 0.5) is 23.0 Å². The second kappa shape index (κ2) is 7.63. The normalized spacial score (nSPS) is 16.4. The summed E-state index contributed by atoms with van der Waals surface area (Å²) in [6.07, 6.45) is 4.56. The SMILES string of the molecule is C=Cc1nc2c(nc1C=C)N1c3ccc(C(C)C)cc3CC1N2c1ccc(C(C)C)cc1. The van der Waals surface area contributed by atoms with E-state index in [9.17, 15) is 0 Å². The van der Waals surface area contributed by atoms with Crippen LogP contribution in [-0.4, -0.2) is 16.1 Å². The van der Waals surface area contributed by atoms with Crippen LogP contribution in [0.2, 0.25) is 0 Å². The van der Waals surface area contributed by atoms with Crippen molar-refractivity contribution in [3.05, 3.63) is 83.7 Å². The van der Waals surface area contributed by atoms with Gasteiger partial charge in [0.25, 0.3) is 0 Å². The molecule has 2 aromatic carbocycles. The van der Waals surface area contributed by atoms with Gasteiger partial charge in [-0.1, -0.05) is 65.1 Å². The van der Waals surface area contributed by atoms with E-state index >= 15 is 0 Å². The smallest absolute Gasteiger partial charge is 0.179 e. The number of rotatable bonds is 5. The molecule has 2 aliphatic heterocycles. The maximum atomic E-state index is 5.00. The summed E-state index contributed by atoms with van der Waals surface area (Å²) in [5, 5.41) is 0. The van der Waals surface area contributed by atoms with Gasteiger partial charge in [0.15, 0.2) is 11.6 Å². The van der Waals surface area contributed by atoms with Crippen LogP contribution in [0.1, 0.15) is 67.6 Å². The van der Waals surface area contributed by atoms with E-state index in [1.54, 1.807) is 12.2 Å². The van der Waals surface area contributed by atoms with Gasteiger partial charge >= 0.3 is 0 Å². The van der Waals surface area contributed by atoms with E-state index in [0.717, 1.165) is 35.1 Å². The molecule has 3 heterocycles. The van der Waals surface area contributed by atoms with Gasteiger partial charge in [-0.05, 0) is 58.9 Å². The predicted octanol–water partition coefficient (Wildman–Crippen LogP) is 7.18. The summed E-state index contributed by atoms with van der Waals surface area (Å²) in [6.45, 7) is 16.8. The van der Waals surface area contributed by atoms with Crippen molar-refractivity contribution in [3.63, 3.8) is 0 Å². The van der Waals surface area contributed by atoms with Gasteiger partial charge in [-0.25, -0.2) is 9.97 Å². The monoisotopic (exact) mass is 422 g/mol. The minimum atomic E-state index is 0.116. The topological polar surface area (TPSA) is 32.3 Å². The van der Waals surface area contributed by atoms with Gasteiger partial charge in [0.05, 0.1) is 11.4 Å². The van der Waals surface area contributed by atoms with Crippen molar-refractivity contribution in [2.24, 2.45) is 0 Å². The fourth-order valence-electron chi connectivity index (χ4n) is 4.80. The predicted molar refractivity (Wildman–Crippen MR) is 135 cm³/mol. The standard InChI is InChI=1S/C28H30N4/c1-7-23-24(8-2)30-28-27(29-23)31(22-12-9-19(10-13-22)17(3)4)26-16-21-15-20(18(5)6)11-14-25(21)32(26)28/h7-15,17-18,26H,1-2,16H2,3-6H3. The second-order valence-electron chi connectivity index (χ2n) is 9.26. The van der Waals surface area contributed by atoms with Crippen molar-refractivity contribution in [2.45, 2.75) is 52.1 Å². The van der Waals surface area contributed by atoms with Crippen LogP contribution in [0.15, 0.2) is 55.6 Å². The Kier molecular flexibility index (Phi) is 4.89. The molecule has 3 aromatic rings. The summed E-state index contributed by atoms with van der Waals surface area (Å²) in [5.74, 6) is 2.77. The summed E-state index contributed by atoms with van der Waals surface area (Å²) in [7, 11) is 0. The number of fused-ring (bicyclic) bond motifs is 5. The fraction of sp³-hybridized carbons (Fsp3) is 0.286. The Morgan fingerprint density at radius 2 is 1.38 bits per heavy atom. The molecule has 0 fully saturated rings. The molecular formula is C28H30N4. The lowest BCUT2D eigenvalue weighted by molar-refractivity contribution is 0.722. The Balaban J connectivity index is 1.69. The number of hydrogen-bond donors (Lipinski definition) is 0. The van der Waals surface area contributed by atoms with Gasteiger partial charge in [-0.2, -0.15) is 0 Å². The van der Waals surface area contributed by atoms with E-state index in [0.29, 0.717) is 11.8 Å². The first-order valence-electron chi connectivity index (χ1n) is 11.4. The molecule has 0 saturated carbocycles. The minimum absolute atomic E-state index is 0.116. The van der Waals surface area contributed by atoms with Crippen molar-refractivity contribution in [1.82, 2.24) is 9.97 Å². The molecule has 4 nitrogen and oxygen atoms in total. The van der Waals surface area contributed by atoms with Gasteiger partial charge in [0.1, 0.15) is 6.17 Å². The molecule has 0 saturated heterocycles. The van der Waals surface area contributed by atoms with Crippen molar-refractivity contribution in [2.75, 3.05) is 9.80 Å². The largest absolute Gasteiger partial charge is 0.301 e. The van der Waals surface area contributed by atoms with E-state index in [-0.39, 0.29) is 6.17 Å². The molecule has 5 rings (SSSR count). The molecule has 1 unspecified atom stereocenters. The lowest BCUT2D eigenvalue weighted by Crippen LogP contribution is -2.36. The maximum absolute atomic E-state index is 5.00. The van der Waals surface area contributed by atoms with Gasteiger partial charge in [0, 0.05) is 17.8 Å². The van der Waals surface area contributed by atoms with Crippen molar-refractivity contribution < 1.29 is 0 Å². The van der Waals surface area contributed by atoms with Gasteiger partial charge in [-0.15, -0.1) is 0 Å². The number of hydrogen-bond acceptors (Lipinski definition) is 4. The molecule has 1 atom stereocenters. The molecule has 0 N–H and O–H groups in total. The molecule has 2 aliphatic rings. The Bertz CT molecular complexity index is 1180. The zero-order chi connectivity index (χ0) is 22.6. The van der Waals surface area contributed by atoms with E-state index < -0.39 is 0 Å². The first kappa shape index (κ1) is 20.5. The molecule has 1 aromatic heterocycles. The Morgan fingerprint density at radius 3 is 1.94 bits per heavy atom. The van der Waals surface area contributed by atoms with Gasteiger partial charge in [-0.3, -0.25) is 0 Å². The third kappa shape index (κ3) is 3.05. The summed E-state index contributed by atoms with van der Waals surface area (Å²) in [6, 6.07) is 15.7. The average Bonchev–Trinajstić information content (AvgIpc) is 3.31. The first-order chi connectivity index (χ1) is 15.4. The molecule has 4 heteroatoms. The highest BCUT2D eigenvalue weighted by atomic mass is 15.5. The fourth-order valence-corrected chi connectivity index (χ4v) is 4.80. The number of aromatic nitrogens is 2.